The van der Waals surface area contributed by atoms with Crippen LogP contribution >= 0.6 is 0 Å². The molecule has 0 aliphatic heterocycles. The van der Waals surface area contributed by atoms with Crippen molar-refractivity contribution in [2.24, 2.45) is 5.73 Å². The Morgan fingerprint density at radius 2 is 2.08 bits per heavy atom. The highest BCUT2D eigenvalue weighted by Gasteiger charge is 2.14. The van der Waals surface area contributed by atoms with E-state index in [-0.39, 0.29) is 5.54 Å². The van der Waals surface area contributed by atoms with Gasteiger partial charge in [-0.15, -0.1) is 0 Å². The summed E-state index contributed by atoms with van der Waals surface area (Å²) in [4.78, 5) is 0. The summed E-state index contributed by atoms with van der Waals surface area (Å²) in [5.41, 5.74) is 7.00. The van der Waals surface area contributed by atoms with Crippen LogP contribution in [0.3, 0.4) is 0 Å². The number of hydrogen-bond donors (Lipinski definition) is 1. The molecule has 0 aliphatic carbocycles. The van der Waals surface area contributed by atoms with Crippen molar-refractivity contribution in [3.05, 3.63) is 11.6 Å². The van der Waals surface area contributed by atoms with E-state index in [1.165, 1.54) is 5.57 Å². The van der Waals surface area contributed by atoms with Crippen molar-refractivity contribution in [3.8, 4) is 0 Å². The van der Waals surface area contributed by atoms with Crippen LogP contribution in [0.15, 0.2) is 11.6 Å². The second kappa shape index (κ2) is 5.33. The maximum absolute atomic E-state index is 5.89. The molecule has 1 atom stereocenters. The SMILES string of the molecule is CCC(C)(N)COCC=C(C)C. The van der Waals surface area contributed by atoms with E-state index in [9.17, 15) is 0 Å². The summed E-state index contributed by atoms with van der Waals surface area (Å²) in [5.74, 6) is 0. The van der Waals surface area contributed by atoms with Gasteiger partial charge in [0.2, 0.25) is 0 Å². The molecular weight excluding hydrogens is 150 g/mol. The molecule has 0 aliphatic rings. The van der Waals surface area contributed by atoms with Gasteiger partial charge in [0.1, 0.15) is 0 Å². The van der Waals surface area contributed by atoms with Crippen LogP contribution in [0.4, 0.5) is 0 Å². The monoisotopic (exact) mass is 171 g/mol. The van der Waals surface area contributed by atoms with Gasteiger partial charge in [0.15, 0.2) is 0 Å². The summed E-state index contributed by atoms with van der Waals surface area (Å²) >= 11 is 0. The van der Waals surface area contributed by atoms with Crippen LogP contribution in [0.1, 0.15) is 34.1 Å². The quantitative estimate of drug-likeness (QED) is 0.508. The molecule has 0 aromatic carbocycles. The van der Waals surface area contributed by atoms with E-state index in [1.807, 2.05) is 6.92 Å². The average Bonchev–Trinajstić information content (AvgIpc) is 1.98. The molecule has 12 heavy (non-hydrogen) atoms. The topological polar surface area (TPSA) is 35.2 Å². The summed E-state index contributed by atoms with van der Waals surface area (Å²) in [5, 5.41) is 0. The first kappa shape index (κ1) is 11.7. The smallest absolute Gasteiger partial charge is 0.0650 e. The third-order valence-corrected chi connectivity index (χ3v) is 1.85. The van der Waals surface area contributed by atoms with E-state index in [1.54, 1.807) is 0 Å². The van der Waals surface area contributed by atoms with Crippen molar-refractivity contribution in [2.75, 3.05) is 13.2 Å². The second-order valence-electron chi connectivity index (χ2n) is 3.80. The molecule has 0 heterocycles. The third kappa shape index (κ3) is 6.38. The minimum absolute atomic E-state index is 0.171. The second-order valence-corrected chi connectivity index (χ2v) is 3.80. The number of nitrogens with two attached hydrogens (primary N) is 1. The molecule has 0 aromatic heterocycles. The molecule has 0 saturated heterocycles. The maximum atomic E-state index is 5.89. The van der Waals surface area contributed by atoms with Gasteiger partial charge in [-0.05, 0) is 27.2 Å². The van der Waals surface area contributed by atoms with Gasteiger partial charge in [-0.3, -0.25) is 0 Å². The average molecular weight is 171 g/mol. The highest BCUT2D eigenvalue weighted by atomic mass is 16.5. The lowest BCUT2D eigenvalue weighted by molar-refractivity contribution is 0.111. The summed E-state index contributed by atoms with van der Waals surface area (Å²) < 4.78 is 5.40. The Kier molecular flexibility index (Phi) is 5.18. The fraction of sp³-hybridized carbons (Fsp3) is 0.800. The summed E-state index contributed by atoms with van der Waals surface area (Å²) in [6.45, 7) is 9.51. The lowest BCUT2D eigenvalue weighted by Crippen LogP contribution is -2.40. The van der Waals surface area contributed by atoms with Gasteiger partial charge in [-0.1, -0.05) is 18.6 Å². The summed E-state index contributed by atoms with van der Waals surface area (Å²) in [6, 6.07) is 0. The zero-order valence-electron chi connectivity index (χ0n) is 8.68. The van der Waals surface area contributed by atoms with Gasteiger partial charge in [0.25, 0.3) is 0 Å². The molecule has 0 fully saturated rings. The van der Waals surface area contributed by atoms with Gasteiger partial charge in [-0.25, -0.2) is 0 Å². The Morgan fingerprint density at radius 3 is 2.50 bits per heavy atom. The van der Waals surface area contributed by atoms with E-state index in [0.717, 1.165) is 6.42 Å². The minimum atomic E-state index is -0.171. The molecule has 2 heteroatoms. The fourth-order valence-electron chi connectivity index (χ4n) is 0.620. The van der Waals surface area contributed by atoms with E-state index < -0.39 is 0 Å². The molecular formula is C10H21NO. The first-order valence-corrected chi connectivity index (χ1v) is 4.48. The Labute approximate surface area is 75.8 Å². The zero-order valence-corrected chi connectivity index (χ0v) is 8.68. The number of ether oxygens (including phenoxy) is 1. The van der Waals surface area contributed by atoms with Crippen molar-refractivity contribution >= 4 is 0 Å². The summed E-state index contributed by atoms with van der Waals surface area (Å²) in [7, 11) is 0. The van der Waals surface area contributed by atoms with Crippen molar-refractivity contribution in [2.45, 2.75) is 39.7 Å². The standard InChI is InChI=1S/C10H21NO/c1-5-10(4,11)8-12-7-6-9(2)3/h6H,5,7-8,11H2,1-4H3. The maximum Gasteiger partial charge on any atom is 0.0650 e. The van der Waals surface area contributed by atoms with E-state index in [2.05, 4.69) is 26.8 Å². The molecule has 0 amide bonds. The first-order valence-electron chi connectivity index (χ1n) is 4.48. The van der Waals surface area contributed by atoms with Crippen molar-refractivity contribution < 1.29 is 4.74 Å². The first-order chi connectivity index (χ1) is 5.48. The molecule has 1 unspecified atom stereocenters. The number of hydrogen-bond acceptors (Lipinski definition) is 2. The van der Waals surface area contributed by atoms with Gasteiger partial charge in [0, 0.05) is 5.54 Å². The van der Waals surface area contributed by atoms with Crippen molar-refractivity contribution in [1.82, 2.24) is 0 Å². The molecule has 0 rings (SSSR count). The van der Waals surface area contributed by atoms with Crippen LogP contribution < -0.4 is 5.73 Å². The van der Waals surface area contributed by atoms with Crippen molar-refractivity contribution in [1.29, 1.82) is 0 Å². The molecule has 2 N–H and O–H groups in total. The highest BCUT2D eigenvalue weighted by molar-refractivity contribution is 4.92. The molecule has 0 aromatic rings. The van der Waals surface area contributed by atoms with Crippen LogP contribution in [0, 0.1) is 0 Å². The summed E-state index contributed by atoms with van der Waals surface area (Å²) in [6.07, 6.45) is 3.01. The number of allylic oxidation sites excluding steroid dienone is 1. The fourth-order valence-corrected chi connectivity index (χ4v) is 0.620. The van der Waals surface area contributed by atoms with Crippen molar-refractivity contribution in [3.63, 3.8) is 0 Å². The van der Waals surface area contributed by atoms with Crippen LogP contribution in [-0.4, -0.2) is 18.8 Å². The minimum Gasteiger partial charge on any atom is -0.375 e. The molecule has 2 nitrogen and oxygen atoms in total. The third-order valence-electron chi connectivity index (χ3n) is 1.85. The Bertz CT molecular complexity index is 146. The highest BCUT2D eigenvalue weighted by Crippen LogP contribution is 2.04. The lowest BCUT2D eigenvalue weighted by Gasteiger charge is -2.21. The van der Waals surface area contributed by atoms with Gasteiger partial charge >= 0.3 is 0 Å². The largest absolute Gasteiger partial charge is 0.375 e. The Morgan fingerprint density at radius 1 is 1.50 bits per heavy atom. The predicted octanol–water partition coefficient (Wildman–Crippen LogP) is 2.10. The molecule has 0 radical (unpaired) electrons. The van der Waals surface area contributed by atoms with E-state index in [4.69, 9.17) is 10.5 Å². The number of rotatable bonds is 5. The molecule has 0 bridgehead atoms. The normalized spacial score (nSPS) is 15.4. The van der Waals surface area contributed by atoms with Gasteiger partial charge < -0.3 is 10.5 Å². The lowest BCUT2D eigenvalue weighted by atomic mass is 10.0. The van der Waals surface area contributed by atoms with Crippen LogP contribution in [0.2, 0.25) is 0 Å². The molecule has 0 saturated carbocycles. The molecule has 0 spiro atoms. The van der Waals surface area contributed by atoms with Crippen LogP contribution in [-0.2, 0) is 4.74 Å². The van der Waals surface area contributed by atoms with E-state index in [0.29, 0.717) is 13.2 Å². The Hall–Kier alpha value is -0.340. The van der Waals surface area contributed by atoms with Crippen LogP contribution in [0.5, 0.6) is 0 Å². The Balaban J connectivity index is 3.50. The van der Waals surface area contributed by atoms with E-state index >= 15 is 0 Å². The predicted molar refractivity (Wildman–Crippen MR) is 53.1 cm³/mol. The molecule has 72 valence electrons. The van der Waals surface area contributed by atoms with Crippen LogP contribution in [0.25, 0.3) is 0 Å². The van der Waals surface area contributed by atoms with Gasteiger partial charge in [-0.2, -0.15) is 0 Å². The zero-order chi connectivity index (χ0) is 9.61. The van der Waals surface area contributed by atoms with Gasteiger partial charge in [0.05, 0.1) is 13.2 Å².